The topological polar surface area (TPSA) is 36.1 Å². The van der Waals surface area contributed by atoms with Gasteiger partial charge in [0.1, 0.15) is 11.6 Å². The molecule has 1 fully saturated rings. The Morgan fingerprint density at radius 2 is 1.84 bits per heavy atom. The van der Waals surface area contributed by atoms with E-state index in [2.05, 4.69) is 9.88 Å². The number of piperidine rings is 1. The third-order valence-corrected chi connectivity index (χ3v) is 5.09. The quantitative estimate of drug-likeness (QED) is 0.781. The number of halogens is 1. The number of hydrogen-bond donors (Lipinski definition) is 1. The van der Waals surface area contributed by atoms with Crippen LogP contribution in [-0.2, 0) is 6.42 Å². The van der Waals surface area contributed by atoms with Crippen LogP contribution in [0.15, 0.2) is 59.4 Å². The number of aromatic nitrogens is 1. The first-order valence-corrected chi connectivity index (χ1v) is 8.80. The molecule has 1 aliphatic heterocycles. The molecule has 0 unspecified atom stereocenters. The van der Waals surface area contributed by atoms with Crippen LogP contribution in [0.1, 0.15) is 18.4 Å². The maximum atomic E-state index is 13.3. The summed E-state index contributed by atoms with van der Waals surface area (Å²) in [5.41, 5.74) is 2.01. The maximum absolute atomic E-state index is 13.3. The van der Waals surface area contributed by atoms with Crippen molar-refractivity contribution in [2.75, 3.05) is 18.0 Å². The second-order valence-corrected chi connectivity index (χ2v) is 6.83. The van der Waals surface area contributed by atoms with E-state index in [4.69, 9.17) is 0 Å². The van der Waals surface area contributed by atoms with E-state index in [1.165, 1.54) is 6.07 Å². The van der Waals surface area contributed by atoms with E-state index >= 15 is 0 Å². The molecule has 0 bridgehead atoms. The van der Waals surface area contributed by atoms with E-state index in [-0.39, 0.29) is 11.2 Å². The monoisotopic (exact) mass is 336 g/mol. The van der Waals surface area contributed by atoms with Gasteiger partial charge in [0, 0.05) is 24.5 Å². The number of anilines is 1. The van der Waals surface area contributed by atoms with E-state index < -0.39 is 0 Å². The van der Waals surface area contributed by atoms with Crippen LogP contribution in [0.3, 0.4) is 0 Å². The van der Waals surface area contributed by atoms with Crippen molar-refractivity contribution in [3.63, 3.8) is 0 Å². The summed E-state index contributed by atoms with van der Waals surface area (Å²) in [4.78, 5) is 17.9. The first-order valence-electron chi connectivity index (χ1n) is 8.80. The fourth-order valence-electron chi connectivity index (χ4n) is 3.73. The fraction of sp³-hybridized carbons (Fsp3) is 0.286. The van der Waals surface area contributed by atoms with Crippen LogP contribution in [0.2, 0.25) is 0 Å². The Kier molecular flexibility index (Phi) is 4.26. The Labute approximate surface area is 146 Å². The summed E-state index contributed by atoms with van der Waals surface area (Å²) in [7, 11) is 0. The number of nitrogens with one attached hydrogen (secondary N) is 1. The van der Waals surface area contributed by atoms with Gasteiger partial charge in [-0.2, -0.15) is 0 Å². The third-order valence-electron chi connectivity index (χ3n) is 5.09. The number of fused-ring (bicyclic) bond motifs is 1. The molecule has 1 aromatic heterocycles. The minimum atomic E-state index is -0.163. The zero-order valence-electron chi connectivity index (χ0n) is 14.0. The molecular weight excluding hydrogens is 315 g/mol. The second-order valence-electron chi connectivity index (χ2n) is 6.83. The number of H-pyrrole nitrogens is 1. The lowest BCUT2D eigenvalue weighted by Gasteiger charge is -2.33. The van der Waals surface area contributed by atoms with Gasteiger partial charge in [0.15, 0.2) is 5.43 Å². The molecule has 0 aliphatic carbocycles. The Bertz CT molecular complexity index is 942. The van der Waals surface area contributed by atoms with E-state index in [9.17, 15) is 9.18 Å². The van der Waals surface area contributed by atoms with Crippen molar-refractivity contribution < 1.29 is 4.39 Å². The highest BCUT2D eigenvalue weighted by Gasteiger charge is 2.20. The molecule has 4 heteroatoms. The Balaban J connectivity index is 1.46. The van der Waals surface area contributed by atoms with Crippen LogP contribution >= 0.6 is 0 Å². The van der Waals surface area contributed by atoms with Crippen LogP contribution in [0.25, 0.3) is 10.9 Å². The fourth-order valence-corrected chi connectivity index (χ4v) is 3.73. The summed E-state index contributed by atoms with van der Waals surface area (Å²) in [5, 5.41) is 0.729. The van der Waals surface area contributed by atoms with Crippen LogP contribution in [0, 0.1) is 11.7 Å². The molecular formula is C21H21FN2O. The van der Waals surface area contributed by atoms with Crippen molar-refractivity contribution in [3.05, 3.63) is 76.2 Å². The summed E-state index contributed by atoms with van der Waals surface area (Å²) in [6.07, 6.45) is 3.01. The Hall–Kier alpha value is -2.62. The van der Waals surface area contributed by atoms with Gasteiger partial charge < -0.3 is 9.88 Å². The third kappa shape index (κ3) is 3.43. The number of benzene rings is 2. The molecule has 1 N–H and O–H groups in total. The van der Waals surface area contributed by atoms with Gasteiger partial charge in [-0.1, -0.05) is 24.3 Å². The van der Waals surface area contributed by atoms with Gasteiger partial charge in [0.25, 0.3) is 0 Å². The van der Waals surface area contributed by atoms with Gasteiger partial charge in [-0.05, 0) is 55.0 Å². The zero-order valence-corrected chi connectivity index (χ0v) is 14.0. The van der Waals surface area contributed by atoms with Gasteiger partial charge in [0.2, 0.25) is 0 Å². The number of hydrogen-bond acceptors (Lipinski definition) is 2. The van der Waals surface area contributed by atoms with Gasteiger partial charge in [0.05, 0.1) is 5.52 Å². The van der Waals surface area contributed by atoms with E-state index in [1.807, 2.05) is 30.3 Å². The summed E-state index contributed by atoms with van der Waals surface area (Å²) in [6, 6.07) is 16.2. The Morgan fingerprint density at radius 3 is 2.64 bits per heavy atom. The predicted octanol–water partition coefficient (Wildman–Crippen LogP) is 4.13. The molecule has 0 amide bonds. The van der Waals surface area contributed by atoms with Crippen molar-refractivity contribution in [1.29, 1.82) is 0 Å². The van der Waals surface area contributed by atoms with Gasteiger partial charge in [-0.25, -0.2) is 4.39 Å². The zero-order chi connectivity index (χ0) is 17.2. The molecule has 0 radical (unpaired) electrons. The normalized spacial score (nSPS) is 15.6. The highest BCUT2D eigenvalue weighted by molar-refractivity contribution is 5.80. The number of rotatable bonds is 3. The lowest BCUT2D eigenvalue weighted by molar-refractivity contribution is 0.402. The minimum Gasteiger partial charge on any atom is -0.358 e. The standard InChI is InChI=1S/C21H21FN2O/c22-17-5-3-4-16(13-17)12-15-8-10-24(11-9-15)21-14-20(25)18-6-1-2-7-19(18)23-21/h1-7,13-15H,8-12H2,(H,23,25). The summed E-state index contributed by atoms with van der Waals surface area (Å²) >= 11 is 0. The first-order chi connectivity index (χ1) is 12.2. The van der Waals surface area contributed by atoms with E-state index in [1.54, 1.807) is 18.2 Å². The molecule has 128 valence electrons. The molecule has 1 aliphatic rings. The molecule has 3 nitrogen and oxygen atoms in total. The van der Waals surface area contributed by atoms with Crippen molar-refractivity contribution in [3.8, 4) is 0 Å². The molecule has 0 spiro atoms. The second kappa shape index (κ2) is 6.71. The number of nitrogens with zero attached hydrogens (tertiary/aromatic N) is 1. The van der Waals surface area contributed by atoms with Crippen molar-refractivity contribution >= 4 is 16.7 Å². The number of aromatic amines is 1. The molecule has 3 aromatic rings. The SMILES string of the molecule is O=c1cc(N2CCC(Cc3cccc(F)c3)CC2)[nH]c2ccccc12. The van der Waals surface area contributed by atoms with Gasteiger partial charge in [-0.3, -0.25) is 4.79 Å². The molecule has 2 aromatic carbocycles. The molecule has 1 saturated heterocycles. The largest absolute Gasteiger partial charge is 0.358 e. The minimum absolute atomic E-state index is 0.0613. The highest BCUT2D eigenvalue weighted by atomic mass is 19.1. The van der Waals surface area contributed by atoms with E-state index in [0.717, 1.165) is 54.6 Å². The molecule has 4 rings (SSSR count). The van der Waals surface area contributed by atoms with Gasteiger partial charge in [-0.15, -0.1) is 0 Å². The molecule has 0 atom stereocenters. The van der Waals surface area contributed by atoms with Crippen molar-refractivity contribution in [1.82, 2.24) is 4.98 Å². The lowest BCUT2D eigenvalue weighted by Crippen LogP contribution is -2.35. The molecule has 0 saturated carbocycles. The summed E-state index contributed by atoms with van der Waals surface area (Å²) in [6.45, 7) is 1.82. The molecule has 25 heavy (non-hydrogen) atoms. The smallest absolute Gasteiger partial charge is 0.191 e. The summed E-state index contributed by atoms with van der Waals surface area (Å²) in [5.74, 6) is 1.29. The maximum Gasteiger partial charge on any atom is 0.191 e. The lowest BCUT2D eigenvalue weighted by atomic mass is 9.90. The number of pyridine rings is 1. The number of para-hydroxylation sites is 1. The van der Waals surface area contributed by atoms with Crippen LogP contribution in [-0.4, -0.2) is 18.1 Å². The Morgan fingerprint density at radius 1 is 1.04 bits per heavy atom. The van der Waals surface area contributed by atoms with Crippen LogP contribution < -0.4 is 10.3 Å². The summed E-state index contributed by atoms with van der Waals surface area (Å²) < 4.78 is 13.3. The predicted molar refractivity (Wildman–Crippen MR) is 99.6 cm³/mol. The average molecular weight is 336 g/mol. The first kappa shape index (κ1) is 15.9. The average Bonchev–Trinajstić information content (AvgIpc) is 2.62. The van der Waals surface area contributed by atoms with Crippen LogP contribution in [0.4, 0.5) is 10.2 Å². The van der Waals surface area contributed by atoms with E-state index in [0.29, 0.717) is 5.92 Å². The van der Waals surface area contributed by atoms with Crippen molar-refractivity contribution in [2.24, 2.45) is 5.92 Å². The highest BCUT2D eigenvalue weighted by Crippen LogP contribution is 2.25. The van der Waals surface area contributed by atoms with Crippen LogP contribution in [0.5, 0.6) is 0 Å². The molecule has 2 heterocycles. The van der Waals surface area contributed by atoms with Gasteiger partial charge >= 0.3 is 0 Å². The van der Waals surface area contributed by atoms with Crippen molar-refractivity contribution in [2.45, 2.75) is 19.3 Å².